The Kier molecular flexibility index (Phi) is 5.17. The summed E-state index contributed by atoms with van der Waals surface area (Å²) in [6, 6.07) is 8.90. The van der Waals surface area contributed by atoms with Gasteiger partial charge >= 0.3 is 0 Å². The summed E-state index contributed by atoms with van der Waals surface area (Å²) in [7, 11) is 0. The molecule has 2 N–H and O–H groups in total. The third-order valence-electron chi connectivity index (χ3n) is 3.22. The normalized spacial score (nSPS) is 12.2. The van der Waals surface area contributed by atoms with Gasteiger partial charge in [0.15, 0.2) is 0 Å². The van der Waals surface area contributed by atoms with Gasteiger partial charge in [-0.3, -0.25) is 25.2 Å². The molecule has 0 heterocycles. The Morgan fingerprint density at radius 3 is 2.21 bits per heavy atom. The number of phenols is 1. The van der Waals surface area contributed by atoms with E-state index in [0.29, 0.717) is 5.56 Å². The van der Waals surface area contributed by atoms with Gasteiger partial charge in [0.1, 0.15) is 5.75 Å². The van der Waals surface area contributed by atoms with Crippen molar-refractivity contribution in [3.05, 3.63) is 73.8 Å². The molecule has 0 fully saturated rings. The van der Waals surface area contributed by atoms with Crippen molar-refractivity contribution in [2.24, 2.45) is 4.99 Å². The first-order valence-corrected chi connectivity index (χ1v) is 6.78. The van der Waals surface area contributed by atoms with Crippen LogP contribution in [0.25, 0.3) is 0 Å². The maximum atomic E-state index is 10.7. The Balaban J connectivity index is 2.06. The molecule has 0 aliphatic carbocycles. The number of non-ortho nitro benzene ring substituents is 2. The first kappa shape index (κ1) is 17.0. The fourth-order valence-corrected chi connectivity index (χ4v) is 1.93. The number of phenolic OH excluding ortho intramolecular Hbond substituents is 1. The van der Waals surface area contributed by atoms with E-state index in [4.69, 9.17) is 0 Å². The van der Waals surface area contributed by atoms with Crippen LogP contribution >= 0.6 is 0 Å². The molecule has 0 saturated carbocycles. The average Bonchev–Trinajstić information content (AvgIpc) is 2.56. The summed E-state index contributed by atoms with van der Waals surface area (Å²) >= 11 is 0. The molecule has 0 spiro atoms. The number of nitrogens with zero attached hydrogens (tertiary/aromatic N) is 3. The number of benzene rings is 2. The van der Waals surface area contributed by atoms with Gasteiger partial charge in [-0.25, -0.2) is 0 Å². The summed E-state index contributed by atoms with van der Waals surface area (Å²) in [5.74, 6) is -0.172. The maximum absolute atomic E-state index is 10.7. The van der Waals surface area contributed by atoms with Crippen molar-refractivity contribution in [3.63, 3.8) is 0 Å². The van der Waals surface area contributed by atoms with Crippen molar-refractivity contribution in [1.82, 2.24) is 0 Å². The van der Waals surface area contributed by atoms with E-state index in [1.165, 1.54) is 42.6 Å². The van der Waals surface area contributed by atoms with Gasteiger partial charge in [-0.1, -0.05) is 0 Å². The molecule has 2 rings (SSSR count). The van der Waals surface area contributed by atoms with Crippen LogP contribution in [0.5, 0.6) is 5.75 Å². The summed E-state index contributed by atoms with van der Waals surface area (Å²) in [5.41, 5.74) is 0.322. The second-order valence-corrected chi connectivity index (χ2v) is 4.86. The standard InChI is InChI=1S/C15H13N3O6/c19-14-6-5-13(18(23)24)7-11(14)8-16-9-15(20)10-1-3-12(4-2-10)17(21)22/h1-8,15,19-20H,9H2/t15-/m0/s1. The largest absolute Gasteiger partial charge is 0.507 e. The van der Waals surface area contributed by atoms with E-state index in [9.17, 15) is 30.4 Å². The fraction of sp³-hybridized carbons (Fsp3) is 0.133. The fourth-order valence-electron chi connectivity index (χ4n) is 1.93. The molecule has 0 unspecified atom stereocenters. The smallest absolute Gasteiger partial charge is 0.270 e. The van der Waals surface area contributed by atoms with Gasteiger partial charge in [0.2, 0.25) is 0 Å². The number of hydrogen-bond acceptors (Lipinski definition) is 7. The van der Waals surface area contributed by atoms with Crippen LogP contribution in [-0.2, 0) is 0 Å². The highest BCUT2D eigenvalue weighted by atomic mass is 16.6. The predicted molar refractivity (Wildman–Crippen MR) is 85.3 cm³/mol. The number of hydrogen-bond donors (Lipinski definition) is 2. The molecule has 124 valence electrons. The minimum Gasteiger partial charge on any atom is -0.507 e. The van der Waals surface area contributed by atoms with E-state index in [1.54, 1.807) is 0 Å². The van der Waals surface area contributed by atoms with Crippen LogP contribution in [0.2, 0.25) is 0 Å². The summed E-state index contributed by atoms with van der Waals surface area (Å²) in [5, 5.41) is 40.9. The Morgan fingerprint density at radius 2 is 1.62 bits per heavy atom. The van der Waals surface area contributed by atoms with Crippen LogP contribution in [0.1, 0.15) is 17.2 Å². The average molecular weight is 331 g/mol. The second kappa shape index (κ2) is 7.29. The molecule has 0 aromatic heterocycles. The van der Waals surface area contributed by atoms with E-state index in [0.717, 1.165) is 6.07 Å². The maximum Gasteiger partial charge on any atom is 0.270 e. The van der Waals surface area contributed by atoms with Crippen molar-refractivity contribution in [3.8, 4) is 5.75 Å². The summed E-state index contributed by atoms with van der Waals surface area (Å²) in [6.07, 6.45) is 0.222. The highest BCUT2D eigenvalue weighted by molar-refractivity contribution is 5.84. The van der Waals surface area contributed by atoms with Crippen LogP contribution in [-0.4, -0.2) is 32.8 Å². The van der Waals surface area contributed by atoms with E-state index in [1.807, 2.05) is 0 Å². The Bertz CT molecular complexity index is 788. The van der Waals surface area contributed by atoms with Gasteiger partial charge in [-0.2, -0.15) is 0 Å². The number of nitro groups is 2. The number of aliphatic hydroxyl groups excluding tert-OH is 1. The van der Waals surface area contributed by atoms with Gasteiger partial charge in [-0.05, 0) is 23.8 Å². The van der Waals surface area contributed by atoms with Crippen molar-refractivity contribution < 1.29 is 20.1 Å². The van der Waals surface area contributed by atoms with Gasteiger partial charge in [0.25, 0.3) is 11.4 Å². The first-order valence-electron chi connectivity index (χ1n) is 6.78. The van der Waals surface area contributed by atoms with Gasteiger partial charge in [0, 0.05) is 36.0 Å². The summed E-state index contributed by atoms with van der Waals surface area (Å²) < 4.78 is 0. The zero-order valence-electron chi connectivity index (χ0n) is 12.3. The molecule has 0 bridgehead atoms. The third-order valence-corrected chi connectivity index (χ3v) is 3.22. The molecule has 0 aliphatic heterocycles. The predicted octanol–water partition coefficient (Wildman–Crippen LogP) is 2.36. The monoisotopic (exact) mass is 331 g/mol. The molecule has 0 amide bonds. The molecule has 1 atom stereocenters. The lowest BCUT2D eigenvalue weighted by molar-refractivity contribution is -0.385. The van der Waals surface area contributed by atoms with E-state index in [-0.39, 0.29) is 29.2 Å². The molecule has 0 aliphatic rings. The van der Waals surface area contributed by atoms with E-state index in [2.05, 4.69) is 4.99 Å². The second-order valence-electron chi connectivity index (χ2n) is 4.86. The Morgan fingerprint density at radius 1 is 1.04 bits per heavy atom. The van der Waals surface area contributed by atoms with Crippen LogP contribution in [0, 0.1) is 20.2 Å². The lowest BCUT2D eigenvalue weighted by Gasteiger charge is -2.07. The zero-order chi connectivity index (χ0) is 17.7. The number of nitro benzene ring substituents is 2. The van der Waals surface area contributed by atoms with E-state index >= 15 is 0 Å². The molecule has 0 saturated heterocycles. The van der Waals surface area contributed by atoms with Gasteiger partial charge in [-0.15, -0.1) is 0 Å². The minimum atomic E-state index is -0.997. The molecule has 0 radical (unpaired) electrons. The highest BCUT2D eigenvalue weighted by Crippen LogP contribution is 2.22. The quantitative estimate of drug-likeness (QED) is 0.473. The first-order chi connectivity index (χ1) is 11.4. The minimum absolute atomic E-state index is 0.0695. The zero-order valence-corrected chi connectivity index (χ0v) is 12.3. The van der Waals surface area contributed by atoms with Crippen molar-refractivity contribution in [1.29, 1.82) is 0 Å². The van der Waals surface area contributed by atoms with Crippen LogP contribution < -0.4 is 0 Å². The molecule has 2 aromatic rings. The molecule has 2 aromatic carbocycles. The Labute approximate surface area is 135 Å². The van der Waals surface area contributed by atoms with Crippen LogP contribution in [0.4, 0.5) is 11.4 Å². The van der Waals surface area contributed by atoms with E-state index < -0.39 is 16.0 Å². The molecular formula is C15H13N3O6. The van der Waals surface area contributed by atoms with Gasteiger partial charge < -0.3 is 10.2 Å². The number of aromatic hydroxyl groups is 1. The SMILES string of the molecule is O=[N+]([O-])c1ccc([C@@H](O)CN=Cc2cc([N+](=O)[O-])ccc2O)cc1. The number of rotatable bonds is 6. The summed E-state index contributed by atoms with van der Waals surface area (Å²) in [4.78, 5) is 24.1. The van der Waals surface area contributed by atoms with Crippen LogP contribution in [0.15, 0.2) is 47.5 Å². The van der Waals surface area contributed by atoms with Crippen molar-refractivity contribution in [2.45, 2.75) is 6.10 Å². The molecule has 9 heteroatoms. The summed E-state index contributed by atoms with van der Waals surface area (Å²) in [6.45, 7) is -0.0695. The molecule has 24 heavy (non-hydrogen) atoms. The third kappa shape index (κ3) is 4.11. The topological polar surface area (TPSA) is 139 Å². The van der Waals surface area contributed by atoms with Crippen molar-refractivity contribution in [2.75, 3.05) is 6.54 Å². The van der Waals surface area contributed by atoms with Gasteiger partial charge in [0.05, 0.1) is 22.5 Å². The Hall–Kier alpha value is -3.33. The lowest BCUT2D eigenvalue weighted by atomic mass is 10.1. The number of aliphatic hydroxyl groups is 1. The number of aliphatic imine (C=N–C) groups is 1. The lowest BCUT2D eigenvalue weighted by Crippen LogP contribution is -2.02. The van der Waals surface area contributed by atoms with Crippen LogP contribution in [0.3, 0.4) is 0 Å². The molecular weight excluding hydrogens is 318 g/mol. The molecule has 9 nitrogen and oxygen atoms in total. The van der Waals surface area contributed by atoms with Crippen molar-refractivity contribution >= 4 is 17.6 Å². The highest BCUT2D eigenvalue weighted by Gasteiger charge is 2.11.